The van der Waals surface area contributed by atoms with Crippen molar-refractivity contribution in [1.82, 2.24) is 0 Å². The molecule has 2 nitrogen and oxygen atoms in total. The van der Waals surface area contributed by atoms with Crippen LogP contribution in [0.25, 0.3) is 0 Å². The van der Waals surface area contributed by atoms with Gasteiger partial charge in [-0.1, -0.05) is 45.8 Å². The van der Waals surface area contributed by atoms with Crippen LogP contribution < -0.4 is 0 Å². The minimum absolute atomic E-state index is 0.185. The number of hydrogen-bond donors (Lipinski definition) is 1. The standard InChI is InChI=1S/C18H27NO/c1-8-18(7)13(4)17(5,6)15-9-11(2)14(10-19-20)12(3)16(15)18/h9-10,13,20H,8H2,1-7H3/t13-,18-/m0/s1. The number of oxime groups is 1. The van der Waals surface area contributed by atoms with Gasteiger partial charge in [-0.2, -0.15) is 0 Å². The van der Waals surface area contributed by atoms with Crippen LogP contribution in [-0.4, -0.2) is 11.4 Å². The van der Waals surface area contributed by atoms with Crippen LogP contribution in [0.15, 0.2) is 11.2 Å². The Labute approximate surface area is 122 Å². The van der Waals surface area contributed by atoms with Crippen molar-refractivity contribution in [2.75, 3.05) is 0 Å². The van der Waals surface area contributed by atoms with Gasteiger partial charge in [0.2, 0.25) is 0 Å². The molecule has 0 radical (unpaired) electrons. The fourth-order valence-corrected chi connectivity index (χ4v) is 4.23. The van der Waals surface area contributed by atoms with E-state index in [4.69, 9.17) is 5.21 Å². The summed E-state index contributed by atoms with van der Waals surface area (Å²) in [7, 11) is 0. The molecule has 0 saturated heterocycles. The molecule has 0 aliphatic heterocycles. The molecule has 0 amide bonds. The quantitative estimate of drug-likeness (QED) is 0.472. The van der Waals surface area contributed by atoms with Gasteiger partial charge in [0.1, 0.15) is 0 Å². The Bertz CT molecular complexity index is 571. The van der Waals surface area contributed by atoms with Gasteiger partial charge in [0.15, 0.2) is 0 Å². The summed E-state index contributed by atoms with van der Waals surface area (Å²) < 4.78 is 0. The van der Waals surface area contributed by atoms with Gasteiger partial charge in [0.05, 0.1) is 6.21 Å². The minimum atomic E-state index is 0.185. The van der Waals surface area contributed by atoms with E-state index in [2.05, 4.69) is 59.7 Å². The highest BCUT2D eigenvalue weighted by molar-refractivity contribution is 5.85. The largest absolute Gasteiger partial charge is 0.411 e. The molecule has 1 aliphatic carbocycles. The number of benzene rings is 1. The molecule has 1 N–H and O–H groups in total. The topological polar surface area (TPSA) is 32.6 Å². The van der Waals surface area contributed by atoms with Crippen LogP contribution >= 0.6 is 0 Å². The zero-order valence-electron chi connectivity index (χ0n) is 13.8. The Morgan fingerprint density at radius 3 is 2.40 bits per heavy atom. The van der Waals surface area contributed by atoms with Gasteiger partial charge < -0.3 is 5.21 Å². The van der Waals surface area contributed by atoms with Crippen molar-refractivity contribution in [2.45, 2.75) is 65.7 Å². The lowest BCUT2D eigenvalue weighted by Gasteiger charge is -2.35. The van der Waals surface area contributed by atoms with Crippen molar-refractivity contribution < 1.29 is 5.21 Å². The second-order valence-corrected chi connectivity index (χ2v) is 7.11. The molecule has 0 aromatic heterocycles. The number of rotatable bonds is 2. The van der Waals surface area contributed by atoms with Crippen LogP contribution in [0.1, 0.15) is 68.9 Å². The van der Waals surface area contributed by atoms with Gasteiger partial charge in [-0.25, -0.2) is 0 Å². The Balaban J connectivity index is 2.86. The van der Waals surface area contributed by atoms with Crippen molar-refractivity contribution in [3.63, 3.8) is 0 Å². The van der Waals surface area contributed by atoms with Crippen molar-refractivity contribution in [2.24, 2.45) is 11.1 Å². The number of fused-ring (bicyclic) bond motifs is 1. The van der Waals surface area contributed by atoms with E-state index in [0.29, 0.717) is 5.92 Å². The first-order valence-corrected chi connectivity index (χ1v) is 7.54. The lowest BCUT2D eigenvalue weighted by atomic mass is 9.68. The molecule has 2 heteroatoms. The fourth-order valence-electron chi connectivity index (χ4n) is 4.23. The van der Waals surface area contributed by atoms with Crippen LogP contribution in [0.4, 0.5) is 0 Å². The summed E-state index contributed by atoms with van der Waals surface area (Å²) in [6.07, 6.45) is 2.71. The number of nitrogens with zero attached hydrogens (tertiary/aromatic N) is 1. The summed E-state index contributed by atoms with van der Waals surface area (Å²) in [6.45, 7) is 16.0. The van der Waals surface area contributed by atoms with Crippen molar-refractivity contribution >= 4 is 6.21 Å². The Morgan fingerprint density at radius 2 is 1.90 bits per heavy atom. The average molecular weight is 273 g/mol. The Kier molecular flexibility index (Phi) is 3.48. The average Bonchev–Trinajstić information content (AvgIpc) is 2.54. The maximum absolute atomic E-state index is 8.93. The number of hydrogen-bond acceptors (Lipinski definition) is 2. The lowest BCUT2D eigenvalue weighted by molar-refractivity contribution is 0.239. The highest BCUT2D eigenvalue weighted by atomic mass is 16.4. The molecule has 0 fully saturated rings. The van der Waals surface area contributed by atoms with Crippen LogP contribution in [0.3, 0.4) is 0 Å². The molecule has 0 saturated carbocycles. The van der Waals surface area contributed by atoms with Crippen molar-refractivity contribution in [3.8, 4) is 0 Å². The zero-order chi connectivity index (χ0) is 15.3. The smallest absolute Gasteiger partial charge is 0.0739 e. The molecular formula is C18H27NO. The predicted octanol–water partition coefficient (Wildman–Crippen LogP) is 4.71. The van der Waals surface area contributed by atoms with Crippen LogP contribution in [-0.2, 0) is 10.8 Å². The molecule has 1 aromatic carbocycles. The van der Waals surface area contributed by atoms with E-state index in [1.165, 1.54) is 22.3 Å². The third-order valence-corrected chi connectivity index (χ3v) is 6.06. The van der Waals surface area contributed by atoms with Crippen LogP contribution in [0, 0.1) is 19.8 Å². The van der Waals surface area contributed by atoms with Crippen LogP contribution in [0.2, 0.25) is 0 Å². The Hall–Kier alpha value is -1.31. The molecule has 0 unspecified atom stereocenters. The van der Waals surface area contributed by atoms with Gasteiger partial charge in [0, 0.05) is 5.56 Å². The van der Waals surface area contributed by atoms with E-state index in [9.17, 15) is 0 Å². The molecule has 1 aromatic rings. The monoisotopic (exact) mass is 273 g/mol. The third kappa shape index (κ3) is 1.73. The molecule has 0 heterocycles. The van der Waals surface area contributed by atoms with E-state index >= 15 is 0 Å². The maximum Gasteiger partial charge on any atom is 0.0739 e. The van der Waals surface area contributed by atoms with Gasteiger partial charge >= 0.3 is 0 Å². The highest BCUT2D eigenvalue weighted by Crippen LogP contribution is 2.56. The van der Waals surface area contributed by atoms with E-state index in [1.807, 2.05) is 0 Å². The first-order valence-electron chi connectivity index (χ1n) is 7.54. The van der Waals surface area contributed by atoms with Gasteiger partial charge in [-0.15, -0.1) is 0 Å². The van der Waals surface area contributed by atoms with E-state index in [1.54, 1.807) is 6.21 Å². The summed E-state index contributed by atoms with van der Waals surface area (Å²) >= 11 is 0. The van der Waals surface area contributed by atoms with E-state index < -0.39 is 0 Å². The summed E-state index contributed by atoms with van der Waals surface area (Å²) in [5.74, 6) is 0.592. The first-order chi connectivity index (χ1) is 9.21. The molecule has 0 spiro atoms. The molecule has 110 valence electrons. The molecule has 2 rings (SSSR count). The van der Waals surface area contributed by atoms with Crippen molar-refractivity contribution in [1.29, 1.82) is 0 Å². The zero-order valence-corrected chi connectivity index (χ0v) is 13.8. The maximum atomic E-state index is 8.93. The van der Waals surface area contributed by atoms with Gasteiger partial charge in [0.25, 0.3) is 0 Å². The molecular weight excluding hydrogens is 246 g/mol. The Morgan fingerprint density at radius 1 is 1.30 bits per heavy atom. The molecule has 1 aliphatic rings. The molecule has 20 heavy (non-hydrogen) atoms. The van der Waals surface area contributed by atoms with Crippen LogP contribution in [0.5, 0.6) is 0 Å². The summed E-state index contributed by atoms with van der Waals surface area (Å²) in [4.78, 5) is 0. The van der Waals surface area contributed by atoms with E-state index in [-0.39, 0.29) is 10.8 Å². The summed E-state index contributed by atoms with van der Waals surface area (Å²) in [5, 5.41) is 12.2. The summed E-state index contributed by atoms with van der Waals surface area (Å²) in [6, 6.07) is 2.30. The molecule has 2 atom stereocenters. The normalized spacial score (nSPS) is 28.1. The first kappa shape index (κ1) is 15.1. The fraction of sp³-hybridized carbons (Fsp3) is 0.611. The van der Waals surface area contributed by atoms with E-state index in [0.717, 1.165) is 12.0 Å². The van der Waals surface area contributed by atoms with Gasteiger partial charge in [-0.05, 0) is 59.3 Å². The SMILES string of the molecule is CC[C@]1(C)c2c(cc(C)c(C=NO)c2C)C(C)(C)[C@@H]1C. The van der Waals surface area contributed by atoms with Gasteiger partial charge in [-0.3, -0.25) is 0 Å². The second-order valence-electron chi connectivity index (χ2n) is 7.11. The molecule has 0 bridgehead atoms. The second kappa shape index (κ2) is 4.61. The highest BCUT2D eigenvalue weighted by Gasteiger charge is 2.51. The minimum Gasteiger partial charge on any atom is -0.411 e. The lowest BCUT2D eigenvalue weighted by Crippen LogP contribution is -2.33. The summed E-state index contributed by atoms with van der Waals surface area (Å²) in [5.41, 5.74) is 6.85. The van der Waals surface area contributed by atoms with Crippen molar-refractivity contribution in [3.05, 3.63) is 33.9 Å². The predicted molar refractivity (Wildman–Crippen MR) is 85.1 cm³/mol. The third-order valence-electron chi connectivity index (χ3n) is 6.06. The number of aryl methyl sites for hydroxylation is 1.